The van der Waals surface area contributed by atoms with Gasteiger partial charge in [0.2, 0.25) is 0 Å². The van der Waals surface area contributed by atoms with Crippen molar-refractivity contribution in [2.75, 3.05) is 6.54 Å². The van der Waals surface area contributed by atoms with Gasteiger partial charge in [0.25, 0.3) is 5.91 Å². The number of nitrogens with one attached hydrogen (secondary N) is 1. The Balaban J connectivity index is 1.53. The van der Waals surface area contributed by atoms with E-state index >= 15 is 0 Å². The highest BCUT2D eigenvalue weighted by Gasteiger charge is 2.30. The maximum atomic E-state index is 12.7. The minimum Gasteiger partial charge on any atom is -0.460 e. The lowest BCUT2D eigenvalue weighted by atomic mass is 10.1. The highest BCUT2D eigenvalue weighted by molar-refractivity contribution is 5.99. The highest BCUT2D eigenvalue weighted by atomic mass is 19.4. The summed E-state index contributed by atoms with van der Waals surface area (Å²) < 4.78 is 43.0. The maximum absolute atomic E-state index is 12.7. The molecule has 3 aromatic carbocycles. The molecule has 0 aromatic heterocycles. The predicted octanol–water partition coefficient (Wildman–Crippen LogP) is 4.33. The lowest BCUT2D eigenvalue weighted by Gasteiger charge is -2.10. The Morgan fingerprint density at radius 1 is 0.893 bits per heavy atom. The van der Waals surface area contributed by atoms with E-state index < -0.39 is 23.6 Å². The zero-order chi connectivity index (χ0) is 20.1. The van der Waals surface area contributed by atoms with E-state index in [1.54, 1.807) is 18.2 Å². The predicted molar refractivity (Wildman–Crippen MR) is 97.5 cm³/mol. The van der Waals surface area contributed by atoms with Crippen molar-refractivity contribution in [1.82, 2.24) is 5.32 Å². The van der Waals surface area contributed by atoms with Gasteiger partial charge >= 0.3 is 12.1 Å². The quantitative estimate of drug-likeness (QED) is 0.663. The van der Waals surface area contributed by atoms with Gasteiger partial charge in [-0.1, -0.05) is 42.5 Å². The minimum absolute atomic E-state index is 0.212. The van der Waals surface area contributed by atoms with Crippen LogP contribution < -0.4 is 5.32 Å². The average molecular weight is 387 g/mol. The number of ether oxygens (including phenoxy) is 1. The first-order chi connectivity index (χ1) is 13.3. The van der Waals surface area contributed by atoms with Crippen LogP contribution in [0.3, 0.4) is 0 Å². The van der Waals surface area contributed by atoms with Crippen molar-refractivity contribution in [2.45, 2.75) is 12.8 Å². The summed E-state index contributed by atoms with van der Waals surface area (Å²) in [6.07, 6.45) is -4.46. The van der Waals surface area contributed by atoms with Crippen LogP contribution in [0.1, 0.15) is 21.5 Å². The third-order valence-electron chi connectivity index (χ3n) is 4.06. The number of fused-ring (bicyclic) bond motifs is 1. The largest absolute Gasteiger partial charge is 0.460 e. The van der Waals surface area contributed by atoms with Crippen molar-refractivity contribution < 1.29 is 27.5 Å². The van der Waals surface area contributed by atoms with Crippen molar-refractivity contribution >= 4 is 22.6 Å². The molecule has 0 fully saturated rings. The van der Waals surface area contributed by atoms with Crippen LogP contribution in [0.15, 0.2) is 66.7 Å². The van der Waals surface area contributed by atoms with Crippen LogP contribution in [0.4, 0.5) is 13.2 Å². The second-order valence-electron chi connectivity index (χ2n) is 6.10. The molecule has 1 N–H and O–H groups in total. The topological polar surface area (TPSA) is 55.4 Å². The van der Waals surface area contributed by atoms with Gasteiger partial charge in [-0.15, -0.1) is 0 Å². The van der Waals surface area contributed by atoms with Crippen molar-refractivity contribution in [3.8, 4) is 0 Å². The summed E-state index contributed by atoms with van der Waals surface area (Å²) in [5, 5.41) is 4.32. The van der Waals surface area contributed by atoms with Crippen LogP contribution in [-0.2, 0) is 22.3 Å². The summed E-state index contributed by atoms with van der Waals surface area (Å²) in [5.41, 5.74) is -0.209. The molecule has 3 rings (SSSR count). The molecule has 3 aromatic rings. The fraction of sp³-hybridized carbons (Fsp3) is 0.143. The van der Waals surface area contributed by atoms with Gasteiger partial charge in [-0.2, -0.15) is 13.2 Å². The van der Waals surface area contributed by atoms with Crippen LogP contribution in [-0.4, -0.2) is 18.4 Å². The minimum atomic E-state index is -4.46. The first-order valence-electron chi connectivity index (χ1n) is 8.42. The molecule has 4 nitrogen and oxygen atoms in total. The van der Waals surface area contributed by atoms with Gasteiger partial charge in [0.05, 0.1) is 5.56 Å². The van der Waals surface area contributed by atoms with Crippen LogP contribution >= 0.6 is 0 Å². The second-order valence-corrected chi connectivity index (χ2v) is 6.10. The third kappa shape index (κ3) is 4.88. The number of hydrogen-bond acceptors (Lipinski definition) is 3. The summed E-state index contributed by atoms with van der Waals surface area (Å²) >= 11 is 0. The SMILES string of the molecule is O=C(CNC(=O)c1ccc2ccccc2c1)OCc1cccc(C(F)(F)F)c1. The molecule has 0 atom stereocenters. The van der Waals surface area contributed by atoms with Crippen LogP contribution in [0, 0.1) is 0 Å². The molecule has 28 heavy (non-hydrogen) atoms. The number of carbonyl (C=O) groups is 2. The number of halogens is 3. The van der Waals surface area contributed by atoms with E-state index in [9.17, 15) is 22.8 Å². The van der Waals surface area contributed by atoms with Gasteiger partial charge < -0.3 is 10.1 Å². The van der Waals surface area contributed by atoms with E-state index in [0.717, 1.165) is 22.9 Å². The molecule has 0 aliphatic heterocycles. The van der Waals surface area contributed by atoms with Crippen LogP contribution in [0.25, 0.3) is 10.8 Å². The van der Waals surface area contributed by atoms with Gasteiger partial charge in [-0.05, 0) is 40.6 Å². The van der Waals surface area contributed by atoms with E-state index in [1.807, 2.05) is 24.3 Å². The van der Waals surface area contributed by atoms with Gasteiger partial charge in [0.15, 0.2) is 0 Å². The number of benzene rings is 3. The zero-order valence-corrected chi connectivity index (χ0v) is 14.6. The molecular formula is C21H16F3NO3. The first-order valence-corrected chi connectivity index (χ1v) is 8.42. The Bertz CT molecular complexity index is 1010. The lowest BCUT2D eigenvalue weighted by Crippen LogP contribution is -2.30. The molecule has 1 amide bonds. The Morgan fingerprint density at radius 2 is 1.64 bits per heavy atom. The average Bonchev–Trinajstić information content (AvgIpc) is 2.69. The van der Waals surface area contributed by atoms with Crippen LogP contribution in [0.2, 0.25) is 0 Å². The van der Waals surface area contributed by atoms with E-state index in [1.165, 1.54) is 12.1 Å². The molecule has 0 aliphatic carbocycles. The molecule has 0 spiro atoms. The van der Waals surface area contributed by atoms with E-state index in [0.29, 0.717) is 5.56 Å². The Labute approximate surface area is 158 Å². The number of carbonyl (C=O) groups excluding carboxylic acids is 2. The zero-order valence-electron chi connectivity index (χ0n) is 14.6. The lowest BCUT2D eigenvalue weighted by molar-refractivity contribution is -0.143. The van der Waals surface area contributed by atoms with Gasteiger partial charge in [-0.25, -0.2) is 0 Å². The molecule has 0 radical (unpaired) electrons. The van der Waals surface area contributed by atoms with Gasteiger partial charge in [0.1, 0.15) is 13.2 Å². The summed E-state index contributed by atoms with van der Waals surface area (Å²) in [7, 11) is 0. The monoisotopic (exact) mass is 387 g/mol. The normalized spacial score (nSPS) is 11.2. The van der Waals surface area contributed by atoms with Gasteiger partial charge in [0, 0.05) is 5.56 Å². The third-order valence-corrected chi connectivity index (χ3v) is 4.06. The summed E-state index contributed by atoms with van der Waals surface area (Å²) in [5.74, 6) is -1.19. The molecule has 0 heterocycles. The molecule has 144 valence electrons. The summed E-state index contributed by atoms with van der Waals surface area (Å²) in [4.78, 5) is 24.0. The highest BCUT2D eigenvalue weighted by Crippen LogP contribution is 2.29. The molecule has 0 saturated heterocycles. The fourth-order valence-electron chi connectivity index (χ4n) is 2.64. The standard InChI is InChI=1S/C21H16F3NO3/c22-21(23,24)18-7-3-4-14(10-18)13-28-19(26)12-25-20(27)17-9-8-15-5-1-2-6-16(15)11-17/h1-11H,12-13H2,(H,25,27). The molecule has 0 unspecified atom stereocenters. The van der Waals surface area contributed by atoms with Crippen molar-refractivity contribution in [3.05, 3.63) is 83.4 Å². The van der Waals surface area contributed by atoms with Crippen LogP contribution in [0.5, 0.6) is 0 Å². The Kier molecular flexibility index (Phi) is 5.63. The molecule has 7 heteroatoms. The molecular weight excluding hydrogens is 371 g/mol. The smallest absolute Gasteiger partial charge is 0.416 e. The fourth-order valence-corrected chi connectivity index (χ4v) is 2.64. The number of esters is 1. The summed E-state index contributed by atoms with van der Waals surface area (Å²) in [6, 6.07) is 17.2. The van der Waals surface area contributed by atoms with E-state index in [4.69, 9.17) is 4.74 Å². The first kappa shape index (κ1) is 19.4. The number of alkyl halides is 3. The molecule has 0 bridgehead atoms. The number of rotatable bonds is 5. The molecule has 0 saturated carbocycles. The second kappa shape index (κ2) is 8.12. The Morgan fingerprint density at radius 3 is 2.39 bits per heavy atom. The van der Waals surface area contributed by atoms with E-state index in [2.05, 4.69) is 5.32 Å². The van der Waals surface area contributed by atoms with Crippen molar-refractivity contribution in [3.63, 3.8) is 0 Å². The molecule has 0 aliphatic rings. The van der Waals surface area contributed by atoms with Crippen molar-refractivity contribution in [2.24, 2.45) is 0 Å². The van der Waals surface area contributed by atoms with E-state index in [-0.39, 0.29) is 18.7 Å². The maximum Gasteiger partial charge on any atom is 0.416 e. The summed E-state index contributed by atoms with van der Waals surface area (Å²) in [6.45, 7) is -0.695. The van der Waals surface area contributed by atoms with Gasteiger partial charge in [-0.3, -0.25) is 9.59 Å². The Hall–Kier alpha value is -3.35. The number of amides is 1. The number of hydrogen-bond donors (Lipinski definition) is 1. The van der Waals surface area contributed by atoms with Crippen molar-refractivity contribution in [1.29, 1.82) is 0 Å².